The lowest BCUT2D eigenvalue weighted by atomic mass is 10.1. The van der Waals surface area contributed by atoms with Crippen molar-refractivity contribution in [1.29, 1.82) is 0 Å². The molecule has 6 nitrogen and oxygen atoms in total. The first-order valence-corrected chi connectivity index (χ1v) is 10.7. The summed E-state index contributed by atoms with van der Waals surface area (Å²) in [5.41, 5.74) is 2.67. The molecule has 0 saturated heterocycles. The molecule has 32 heavy (non-hydrogen) atoms. The van der Waals surface area contributed by atoms with Crippen molar-refractivity contribution in [1.82, 2.24) is 0 Å². The van der Waals surface area contributed by atoms with Crippen LogP contribution in [0.2, 0.25) is 5.02 Å². The van der Waals surface area contributed by atoms with Gasteiger partial charge in [-0.3, -0.25) is 9.59 Å². The van der Waals surface area contributed by atoms with E-state index in [-0.39, 0.29) is 11.8 Å². The van der Waals surface area contributed by atoms with Gasteiger partial charge in [0.25, 0.3) is 11.8 Å². The highest BCUT2D eigenvalue weighted by Crippen LogP contribution is 2.36. The molecular weight excluding hydrogens is 428 g/mol. The number of aryl methyl sites for hydroxylation is 1. The highest BCUT2D eigenvalue weighted by atomic mass is 35.5. The number of fused-ring (bicyclic) bond motifs is 1. The molecule has 3 aromatic rings. The Bertz CT molecular complexity index is 1160. The van der Waals surface area contributed by atoms with Crippen molar-refractivity contribution in [3.05, 3.63) is 82.9 Å². The Labute approximate surface area is 191 Å². The zero-order valence-electron chi connectivity index (χ0n) is 17.8. The van der Waals surface area contributed by atoms with E-state index in [9.17, 15) is 9.59 Å². The van der Waals surface area contributed by atoms with Crippen LogP contribution in [0.1, 0.15) is 22.8 Å². The number of carbonyl (C=O) groups excluding carboxylic acids is 2. The normalized spacial score (nSPS) is 15.0. The first kappa shape index (κ1) is 21.7. The highest BCUT2D eigenvalue weighted by molar-refractivity contribution is 6.34. The number of benzene rings is 3. The number of nitrogens with one attached hydrogen (secondary N) is 1. The van der Waals surface area contributed by atoms with E-state index in [1.54, 1.807) is 54.3 Å². The molecule has 0 spiro atoms. The van der Waals surface area contributed by atoms with Gasteiger partial charge < -0.3 is 19.7 Å². The lowest BCUT2D eigenvalue weighted by Gasteiger charge is -2.33. The second-order valence-corrected chi connectivity index (χ2v) is 7.94. The van der Waals surface area contributed by atoms with Gasteiger partial charge in [0, 0.05) is 11.8 Å². The molecule has 1 aliphatic heterocycles. The van der Waals surface area contributed by atoms with Crippen LogP contribution in [0.4, 0.5) is 11.4 Å². The van der Waals surface area contributed by atoms with E-state index in [0.717, 1.165) is 11.3 Å². The average molecular weight is 451 g/mol. The first-order valence-electron chi connectivity index (χ1n) is 10.3. The summed E-state index contributed by atoms with van der Waals surface area (Å²) in [6.45, 7) is 4.41. The van der Waals surface area contributed by atoms with Gasteiger partial charge in [0.15, 0.2) is 6.10 Å². The number of carbonyl (C=O) groups is 2. The molecule has 0 aromatic heterocycles. The van der Waals surface area contributed by atoms with E-state index in [0.29, 0.717) is 40.9 Å². The summed E-state index contributed by atoms with van der Waals surface area (Å²) in [7, 11) is 0. The minimum absolute atomic E-state index is 0.141. The smallest absolute Gasteiger partial charge is 0.267 e. The Morgan fingerprint density at radius 2 is 1.94 bits per heavy atom. The van der Waals surface area contributed by atoms with Gasteiger partial charge in [-0.15, -0.1) is 0 Å². The average Bonchev–Trinajstić information content (AvgIpc) is 2.76. The molecule has 3 aromatic carbocycles. The lowest BCUT2D eigenvalue weighted by Crippen LogP contribution is -2.46. The monoisotopic (exact) mass is 450 g/mol. The third-order valence-electron chi connectivity index (χ3n) is 5.12. The predicted octanol–water partition coefficient (Wildman–Crippen LogP) is 5.09. The third-order valence-corrected chi connectivity index (χ3v) is 5.45. The molecule has 1 atom stereocenters. The van der Waals surface area contributed by atoms with Crippen molar-refractivity contribution in [3.8, 4) is 11.5 Å². The Morgan fingerprint density at radius 1 is 1.12 bits per heavy atom. The Balaban J connectivity index is 1.49. The van der Waals surface area contributed by atoms with Gasteiger partial charge in [-0.25, -0.2) is 0 Å². The third kappa shape index (κ3) is 4.70. The maximum absolute atomic E-state index is 12.7. The fraction of sp³-hybridized carbons (Fsp3) is 0.200. The topological polar surface area (TPSA) is 67.9 Å². The number of amides is 2. The van der Waals surface area contributed by atoms with Crippen molar-refractivity contribution in [3.63, 3.8) is 0 Å². The van der Waals surface area contributed by atoms with Crippen LogP contribution in [-0.2, 0) is 4.79 Å². The molecule has 0 radical (unpaired) electrons. The number of ether oxygens (including phenoxy) is 2. The van der Waals surface area contributed by atoms with Crippen molar-refractivity contribution in [2.75, 3.05) is 23.4 Å². The summed E-state index contributed by atoms with van der Waals surface area (Å²) in [6.07, 6.45) is -0.643. The summed E-state index contributed by atoms with van der Waals surface area (Å²) in [4.78, 5) is 26.9. The van der Waals surface area contributed by atoms with Crippen molar-refractivity contribution >= 4 is 34.8 Å². The second kappa shape index (κ2) is 9.32. The molecule has 7 heteroatoms. The van der Waals surface area contributed by atoms with Gasteiger partial charge in [-0.2, -0.15) is 0 Å². The maximum Gasteiger partial charge on any atom is 0.267 e. The van der Waals surface area contributed by atoms with Gasteiger partial charge in [-0.05, 0) is 55.8 Å². The molecule has 0 fully saturated rings. The second-order valence-electron chi connectivity index (χ2n) is 7.53. The molecule has 1 N–H and O–H groups in total. The van der Waals surface area contributed by atoms with E-state index in [4.69, 9.17) is 21.1 Å². The Morgan fingerprint density at radius 3 is 2.72 bits per heavy atom. The van der Waals surface area contributed by atoms with Gasteiger partial charge in [0.2, 0.25) is 0 Å². The van der Waals surface area contributed by atoms with E-state index >= 15 is 0 Å². The molecule has 0 saturated carbocycles. The maximum atomic E-state index is 12.7. The van der Waals surface area contributed by atoms with Crippen LogP contribution in [0.5, 0.6) is 11.5 Å². The van der Waals surface area contributed by atoms with Gasteiger partial charge in [0.05, 0.1) is 22.8 Å². The van der Waals surface area contributed by atoms with Gasteiger partial charge in [0.1, 0.15) is 18.1 Å². The highest BCUT2D eigenvalue weighted by Gasteiger charge is 2.31. The zero-order chi connectivity index (χ0) is 22.7. The predicted molar refractivity (Wildman–Crippen MR) is 125 cm³/mol. The standard InChI is InChI=1S/C25H23ClN2O4/c1-16-6-5-7-19(14-16)31-13-12-28-22-11-10-18(15-23(22)32-17(2)25(28)30)27-24(29)20-8-3-4-9-21(20)26/h3-11,14-15,17H,12-13H2,1-2H3,(H,27,29). The molecule has 0 bridgehead atoms. The fourth-order valence-corrected chi connectivity index (χ4v) is 3.74. The van der Waals surface area contributed by atoms with Crippen molar-refractivity contribution in [2.45, 2.75) is 20.0 Å². The summed E-state index contributed by atoms with van der Waals surface area (Å²) >= 11 is 6.11. The van der Waals surface area contributed by atoms with E-state index < -0.39 is 6.10 Å². The molecule has 164 valence electrons. The van der Waals surface area contributed by atoms with Crippen molar-refractivity contribution < 1.29 is 19.1 Å². The minimum Gasteiger partial charge on any atom is -0.492 e. The number of anilines is 2. The number of nitrogens with zero attached hydrogens (tertiary/aromatic N) is 1. The van der Waals surface area contributed by atoms with Crippen LogP contribution in [0.15, 0.2) is 66.7 Å². The van der Waals surface area contributed by atoms with Crippen molar-refractivity contribution in [2.24, 2.45) is 0 Å². The van der Waals surface area contributed by atoms with E-state index in [1.807, 2.05) is 31.2 Å². The fourth-order valence-electron chi connectivity index (χ4n) is 3.52. The number of halogens is 1. The largest absolute Gasteiger partial charge is 0.492 e. The Hall–Kier alpha value is -3.51. The number of rotatable bonds is 6. The zero-order valence-corrected chi connectivity index (χ0v) is 18.6. The molecular formula is C25H23ClN2O4. The van der Waals surface area contributed by atoms with Crippen LogP contribution < -0.4 is 19.7 Å². The van der Waals surface area contributed by atoms with Crippen LogP contribution in [0, 0.1) is 6.92 Å². The van der Waals surface area contributed by atoms with E-state index in [2.05, 4.69) is 5.32 Å². The molecule has 1 heterocycles. The molecule has 0 aliphatic carbocycles. The van der Waals surface area contributed by atoms with E-state index in [1.165, 1.54) is 0 Å². The first-order chi connectivity index (χ1) is 15.4. The van der Waals surface area contributed by atoms with Crippen LogP contribution in [0.3, 0.4) is 0 Å². The summed E-state index contributed by atoms with van der Waals surface area (Å²) in [5.74, 6) is 0.818. The molecule has 1 aliphatic rings. The van der Waals surface area contributed by atoms with Gasteiger partial charge in [-0.1, -0.05) is 35.9 Å². The minimum atomic E-state index is -0.643. The van der Waals surface area contributed by atoms with Crippen LogP contribution >= 0.6 is 11.6 Å². The van der Waals surface area contributed by atoms with Crippen LogP contribution in [-0.4, -0.2) is 31.1 Å². The summed E-state index contributed by atoms with van der Waals surface area (Å²) in [6, 6.07) is 19.8. The summed E-state index contributed by atoms with van der Waals surface area (Å²) < 4.78 is 11.6. The lowest BCUT2D eigenvalue weighted by molar-refractivity contribution is -0.125. The molecule has 1 unspecified atom stereocenters. The summed E-state index contributed by atoms with van der Waals surface area (Å²) in [5, 5.41) is 3.20. The molecule has 4 rings (SSSR count). The van der Waals surface area contributed by atoms with Crippen LogP contribution in [0.25, 0.3) is 0 Å². The quantitative estimate of drug-likeness (QED) is 0.567. The van der Waals surface area contributed by atoms with Gasteiger partial charge >= 0.3 is 0 Å². The number of hydrogen-bond acceptors (Lipinski definition) is 4. The molecule has 2 amide bonds. The number of hydrogen-bond donors (Lipinski definition) is 1. The Kier molecular flexibility index (Phi) is 6.32. The SMILES string of the molecule is Cc1cccc(OCCN2C(=O)C(C)Oc3cc(NC(=O)c4ccccc4Cl)ccc32)c1.